The van der Waals surface area contributed by atoms with Crippen LogP contribution in [0.25, 0.3) is 0 Å². The average Bonchev–Trinajstić information content (AvgIpc) is 2.66. The summed E-state index contributed by atoms with van der Waals surface area (Å²) < 4.78 is 5.00. The van der Waals surface area contributed by atoms with Crippen molar-refractivity contribution in [2.45, 2.75) is 38.8 Å². The van der Waals surface area contributed by atoms with Gasteiger partial charge >= 0.3 is 6.09 Å². The van der Waals surface area contributed by atoms with Gasteiger partial charge in [-0.25, -0.2) is 4.79 Å². The van der Waals surface area contributed by atoms with Crippen LogP contribution in [0.3, 0.4) is 0 Å². The second kappa shape index (κ2) is 5.86. The Morgan fingerprint density at radius 3 is 2.61 bits per heavy atom. The van der Waals surface area contributed by atoms with Crippen LogP contribution in [0.15, 0.2) is 17.5 Å². The van der Waals surface area contributed by atoms with Gasteiger partial charge in [0.25, 0.3) is 0 Å². The van der Waals surface area contributed by atoms with Crippen LogP contribution in [0.4, 0.5) is 4.79 Å². The molecule has 5 nitrogen and oxygen atoms in total. The number of hydrogen-bond donors (Lipinski definition) is 1. The summed E-state index contributed by atoms with van der Waals surface area (Å²) in [6.45, 7) is 5.12. The second-order valence-corrected chi connectivity index (χ2v) is 5.83. The number of alkyl carbamates (subject to hydrolysis) is 1. The summed E-state index contributed by atoms with van der Waals surface area (Å²) in [5.41, 5.74) is -0.663. The fraction of sp³-hybridized carbons (Fsp3) is 0.500. The lowest BCUT2D eigenvalue weighted by Crippen LogP contribution is -2.50. The summed E-state index contributed by atoms with van der Waals surface area (Å²) >= 11 is 1.43. The molecule has 0 radical (unpaired) electrons. The Kier molecular flexibility index (Phi) is 4.72. The van der Waals surface area contributed by atoms with Crippen LogP contribution in [-0.2, 0) is 16.0 Å². The van der Waals surface area contributed by atoms with Gasteiger partial charge in [0.05, 0.1) is 12.0 Å². The first-order chi connectivity index (χ1) is 8.28. The minimum Gasteiger partial charge on any atom is -0.548 e. The summed E-state index contributed by atoms with van der Waals surface area (Å²) in [5.74, 6) is -1.32. The maximum Gasteiger partial charge on any atom is 0.408 e. The Bertz CT molecular complexity index is 408. The SMILES string of the molecule is CC(C)(C)OC(=O)N[C@H](Cc1cccs1)C(=O)[O-]. The van der Waals surface area contributed by atoms with E-state index >= 15 is 0 Å². The zero-order valence-electron chi connectivity index (χ0n) is 10.6. The third-order valence-corrected chi connectivity index (χ3v) is 2.86. The second-order valence-electron chi connectivity index (χ2n) is 4.80. The molecule has 0 unspecified atom stereocenters. The van der Waals surface area contributed by atoms with Gasteiger partial charge in [-0.2, -0.15) is 0 Å². The van der Waals surface area contributed by atoms with Crippen molar-refractivity contribution >= 4 is 23.4 Å². The predicted octanol–water partition coefficient (Wildman–Crippen LogP) is 0.934. The van der Waals surface area contributed by atoms with Crippen molar-refractivity contribution < 1.29 is 19.4 Å². The first-order valence-electron chi connectivity index (χ1n) is 5.50. The van der Waals surface area contributed by atoms with E-state index in [4.69, 9.17) is 4.74 Å². The standard InChI is InChI=1S/C12H17NO4S/c1-12(2,3)17-11(16)13-9(10(14)15)7-8-5-4-6-18-8/h4-6,9H,7H2,1-3H3,(H,13,16)(H,14,15)/p-1/t9-/m1/s1. The molecular weight excluding hydrogens is 254 g/mol. The first-order valence-corrected chi connectivity index (χ1v) is 6.38. The minimum atomic E-state index is -1.32. The largest absolute Gasteiger partial charge is 0.548 e. The molecule has 0 fully saturated rings. The van der Waals surface area contributed by atoms with Gasteiger partial charge in [-0.15, -0.1) is 11.3 Å². The quantitative estimate of drug-likeness (QED) is 0.883. The zero-order chi connectivity index (χ0) is 13.8. The molecule has 0 spiro atoms. The van der Waals surface area contributed by atoms with E-state index in [1.54, 1.807) is 26.8 Å². The molecule has 1 amide bonds. The third-order valence-electron chi connectivity index (χ3n) is 1.96. The van der Waals surface area contributed by atoms with Gasteiger partial charge in [-0.1, -0.05) is 6.07 Å². The average molecular weight is 270 g/mol. The molecule has 100 valence electrons. The van der Waals surface area contributed by atoms with Crippen molar-refractivity contribution in [1.29, 1.82) is 0 Å². The smallest absolute Gasteiger partial charge is 0.408 e. The molecule has 18 heavy (non-hydrogen) atoms. The maximum atomic E-state index is 11.5. The molecule has 1 heterocycles. The molecule has 1 rings (SSSR count). The summed E-state index contributed by atoms with van der Waals surface area (Å²) in [4.78, 5) is 23.3. The zero-order valence-corrected chi connectivity index (χ0v) is 11.4. The number of carboxylic acid groups (broad SMARTS) is 1. The van der Waals surface area contributed by atoms with Crippen LogP contribution in [-0.4, -0.2) is 23.7 Å². The van der Waals surface area contributed by atoms with Crippen molar-refractivity contribution in [3.8, 4) is 0 Å². The number of carboxylic acids is 1. The molecule has 1 atom stereocenters. The number of ether oxygens (including phenoxy) is 1. The number of aliphatic carboxylic acids is 1. The Morgan fingerprint density at radius 2 is 2.17 bits per heavy atom. The highest BCUT2D eigenvalue weighted by Crippen LogP contribution is 2.12. The lowest BCUT2D eigenvalue weighted by atomic mass is 10.2. The summed E-state index contributed by atoms with van der Waals surface area (Å²) in [6, 6.07) is 2.54. The van der Waals surface area contributed by atoms with Crippen molar-refractivity contribution in [1.82, 2.24) is 5.32 Å². The fourth-order valence-corrected chi connectivity index (χ4v) is 2.02. The van der Waals surface area contributed by atoms with Crippen LogP contribution in [0.5, 0.6) is 0 Å². The Labute approximate surface area is 110 Å². The monoisotopic (exact) mass is 270 g/mol. The van der Waals surface area contributed by atoms with E-state index in [-0.39, 0.29) is 6.42 Å². The van der Waals surface area contributed by atoms with E-state index in [2.05, 4.69) is 5.32 Å². The summed E-state index contributed by atoms with van der Waals surface area (Å²) in [6.07, 6.45) is -0.563. The minimum absolute atomic E-state index is 0.194. The van der Waals surface area contributed by atoms with Gasteiger partial charge in [0.2, 0.25) is 0 Å². The van der Waals surface area contributed by atoms with E-state index in [0.717, 1.165) is 4.88 Å². The summed E-state index contributed by atoms with van der Waals surface area (Å²) in [7, 11) is 0. The van der Waals surface area contributed by atoms with Crippen LogP contribution >= 0.6 is 11.3 Å². The third kappa shape index (κ3) is 5.18. The van der Waals surface area contributed by atoms with Crippen LogP contribution < -0.4 is 10.4 Å². The molecular formula is C12H16NO4S-. The first kappa shape index (κ1) is 14.5. The van der Waals surface area contributed by atoms with Crippen LogP contribution in [0.1, 0.15) is 25.6 Å². The van der Waals surface area contributed by atoms with Crippen molar-refractivity contribution in [2.75, 3.05) is 0 Å². The Balaban J connectivity index is 2.58. The Morgan fingerprint density at radius 1 is 1.50 bits per heavy atom. The van der Waals surface area contributed by atoms with E-state index < -0.39 is 23.7 Å². The lowest BCUT2D eigenvalue weighted by molar-refractivity contribution is -0.308. The molecule has 1 N–H and O–H groups in total. The molecule has 0 aliphatic heterocycles. The number of carbonyl (C=O) groups excluding carboxylic acids is 2. The number of thiophene rings is 1. The molecule has 0 aromatic carbocycles. The van der Waals surface area contributed by atoms with E-state index in [9.17, 15) is 14.7 Å². The van der Waals surface area contributed by atoms with Crippen molar-refractivity contribution in [2.24, 2.45) is 0 Å². The van der Waals surface area contributed by atoms with Gasteiger partial charge in [0.1, 0.15) is 5.60 Å². The van der Waals surface area contributed by atoms with E-state index in [1.165, 1.54) is 11.3 Å². The van der Waals surface area contributed by atoms with Gasteiger partial charge < -0.3 is 20.0 Å². The highest BCUT2D eigenvalue weighted by molar-refractivity contribution is 7.09. The predicted molar refractivity (Wildman–Crippen MR) is 66.2 cm³/mol. The van der Waals surface area contributed by atoms with E-state index in [0.29, 0.717) is 0 Å². The summed E-state index contributed by atoms with van der Waals surface area (Å²) in [5, 5.41) is 15.1. The number of hydrogen-bond acceptors (Lipinski definition) is 5. The molecule has 0 saturated heterocycles. The molecule has 0 bridgehead atoms. The van der Waals surface area contributed by atoms with Gasteiger partial charge in [-0.3, -0.25) is 0 Å². The Hall–Kier alpha value is -1.56. The molecule has 0 saturated carbocycles. The molecule has 6 heteroatoms. The molecule has 0 aliphatic rings. The topological polar surface area (TPSA) is 78.5 Å². The van der Waals surface area contributed by atoms with E-state index in [1.807, 2.05) is 11.4 Å². The number of amides is 1. The highest BCUT2D eigenvalue weighted by atomic mass is 32.1. The molecule has 1 aromatic rings. The molecule has 0 aliphatic carbocycles. The number of rotatable bonds is 4. The molecule has 1 aromatic heterocycles. The normalized spacial score (nSPS) is 12.8. The lowest BCUT2D eigenvalue weighted by Gasteiger charge is -2.23. The number of carbonyl (C=O) groups is 2. The fourth-order valence-electron chi connectivity index (χ4n) is 1.27. The van der Waals surface area contributed by atoms with Crippen LogP contribution in [0.2, 0.25) is 0 Å². The van der Waals surface area contributed by atoms with Crippen molar-refractivity contribution in [3.63, 3.8) is 0 Å². The van der Waals surface area contributed by atoms with Gasteiger partial charge in [0.15, 0.2) is 0 Å². The number of nitrogens with one attached hydrogen (secondary N) is 1. The maximum absolute atomic E-state index is 11.5. The van der Waals surface area contributed by atoms with Gasteiger partial charge in [-0.05, 0) is 32.2 Å². The highest BCUT2D eigenvalue weighted by Gasteiger charge is 2.20. The van der Waals surface area contributed by atoms with Crippen molar-refractivity contribution in [3.05, 3.63) is 22.4 Å². The van der Waals surface area contributed by atoms with Crippen LogP contribution in [0, 0.1) is 0 Å². The van der Waals surface area contributed by atoms with Gasteiger partial charge in [0, 0.05) is 11.3 Å².